The molecular weight excluding hydrogens is 226 g/mol. The van der Waals surface area contributed by atoms with Crippen LogP contribution in [0.3, 0.4) is 0 Å². The van der Waals surface area contributed by atoms with Crippen LogP contribution in [0.5, 0.6) is 0 Å². The zero-order chi connectivity index (χ0) is 10.8. The molecule has 2 N–H and O–H groups in total. The van der Waals surface area contributed by atoms with Gasteiger partial charge < -0.3 is 10.5 Å². The summed E-state index contributed by atoms with van der Waals surface area (Å²) in [4.78, 5) is 11.6. The Hall–Kier alpha value is -1.06. The molecule has 0 saturated heterocycles. The van der Waals surface area contributed by atoms with Crippen LogP contribution in [0.2, 0.25) is 0 Å². The number of fused-ring (bicyclic) bond motifs is 1. The van der Waals surface area contributed by atoms with Crippen molar-refractivity contribution in [2.75, 3.05) is 6.61 Å². The van der Waals surface area contributed by atoms with E-state index in [1.54, 1.807) is 0 Å². The Labute approximate surface area is 101 Å². The lowest BCUT2D eigenvalue weighted by Crippen LogP contribution is -2.26. The summed E-state index contributed by atoms with van der Waals surface area (Å²) in [5, 5.41) is 0. The molecule has 0 spiro atoms. The molecule has 0 saturated carbocycles. The van der Waals surface area contributed by atoms with E-state index >= 15 is 0 Å². The second-order valence-corrected chi connectivity index (χ2v) is 3.79. The van der Waals surface area contributed by atoms with E-state index < -0.39 is 0 Å². The van der Waals surface area contributed by atoms with E-state index in [1.165, 1.54) is 5.56 Å². The molecule has 1 aromatic rings. The highest BCUT2D eigenvalue weighted by atomic mass is 35.5. The first-order chi connectivity index (χ1) is 7.24. The van der Waals surface area contributed by atoms with Crippen molar-refractivity contribution >= 4 is 18.4 Å². The number of ether oxygens (including phenoxy) is 1. The number of rotatable bonds is 2. The average Bonchev–Trinajstić information content (AvgIpc) is 2.57. The van der Waals surface area contributed by atoms with Crippen LogP contribution in [0.25, 0.3) is 0 Å². The summed E-state index contributed by atoms with van der Waals surface area (Å²) in [5.41, 5.74) is 8.27. The molecular formula is C12H16ClNO2. The van der Waals surface area contributed by atoms with Crippen molar-refractivity contribution in [3.8, 4) is 0 Å². The summed E-state index contributed by atoms with van der Waals surface area (Å²) in [6.45, 7) is 2.23. The van der Waals surface area contributed by atoms with Gasteiger partial charge in [0.05, 0.1) is 12.5 Å². The van der Waals surface area contributed by atoms with E-state index in [2.05, 4.69) is 0 Å². The Bertz CT molecular complexity index is 381. The Morgan fingerprint density at radius 1 is 1.50 bits per heavy atom. The first-order valence-electron chi connectivity index (χ1n) is 5.24. The van der Waals surface area contributed by atoms with Crippen LogP contribution in [-0.4, -0.2) is 12.6 Å². The van der Waals surface area contributed by atoms with E-state index in [-0.39, 0.29) is 30.3 Å². The lowest BCUT2D eigenvalue weighted by atomic mass is 10.0. The number of hydrogen-bond donors (Lipinski definition) is 1. The SMILES string of the molecule is CCOC(=O)[C@H]1Cc2ccccc2[C@H]1N.Cl. The van der Waals surface area contributed by atoms with Crippen LogP contribution < -0.4 is 5.73 Å². The fourth-order valence-electron chi connectivity index (χ4n) is 2.11. The maximum absolute atomic E-state index is 11.6. The number of carbonyl (C=O) groups excluding carboxylic acids is 1. The molecule has 0 amide bonds. The predicted octanol–water partition coefficient (Wildman–Crippen LogP) is 1.84. The van der Waals surface area contributed by atoms with Crippen molar-refractivity contribution in [1.29, 1.82) is 0 Å². The summed E-state index contributed by atoms with van der Waals surface area (Å²) in [6, 6.07) is 7.72. The molecule has 1 aliphatic carbocycles. The average molecular weight is 242 g/mol. The number of esters is 1. The second-order valence-electron chi connectivity index (χ2n) is 3.79. The summed E-state index contributed by atoms with van der Waals surface area (Å²) < 4.78 is 5.01. The molecule has 16 heavy (non-hydrogen) atoms. The van der Waals surface area contributed by atoms with E-state index in [0.29, 0.717) is 13.0 Å². The molecule has 88 valence electrons. The van der Waals surface area contributed by atoms with Crippen LogP contribution >= 0.6 is 12.4 Å². The molecule has 4 heteroatoms. The highest BCUT2D eigenvalue weighted by Gasteiger charge is 2.35. The molecule has 3 nitrogen and oxygen atoms in total. The summed E-state index contributed by atoms with van der Waals surface area (Å²) in [7, 11) is 0. The van der Waals surface area contributed by atoms with Crippen molar-refractivity contribution in [3.63, 3.8) is 0 Å². The number of hydrogen-bond acceptors (Lipinski definition) is 3. The van der Waals surface area contributed by atoms with E-state index in [0.717, 1.165) is 5.56 Å². The van der Waals surface area contributed by atoms with Crippen LogP contribution in [0, 0.1) is 5.92 Å². The van der Waals surface area contributed by atoms with Gasteiger partial charge in [-0.15, -0.1) is 12.4 Å². The van der Waals surface area contributed by atoms with Gasteiger partial charge in [-0.3, -0.25) is 4.79 Å². The van der Waals surface area contributed by atoms with Gasteiger partial charge in [-0.25, -0.2) is 0 Å². The van der Waals surface area contributed by atoms with Gasteiger partial charge in [0.2, 0.25) is 0 Å². The molecule has 0 fully saturated rings. The van der Waals surface area contributed by atoms with E-state index in [9.17, 15) is 4.79 Å². The quantitative estimate of drug-likeness (QED) is 0.804. The van der Waals surface area contributed by atoms with Gasteiger partial charge in [0.25, 0.3) is 0 Å². The van der Waals surface area contributed by atoms with Gasteiger partial charge in [-0.1, -0.05) is 24.3 Å². The Kier molecular flexibility index (Phi) is 4.33. The molecule has 0 bridgehead atoms. The standard InChI is InChI=1S/C12H15NO2.ClH/c1-2-15-12(14)10-7-8-5-3-4-6-9(8)11(10)13;/h3-6,10-11H,2,7,13H2,1H3;1H/t10-,11+;/m0./s1. The monoisotopic (exact) mass is 241 g/mol. The van der Waals surface area contributed by atoms with Gasteiger partial charge in [-0.2, -0.15) is 0 Å². The van der Waals surface area contributed by atoms with Gasteiger partial charge in [0.15, 0.2) is 0 Å². The zero-order valence-corrected chi connectivity index (χ0v) is 10.00. The van der Waals surface area contributed by atoms with Crippen molar-refractivity contribution in [2.24, 2.45) is 11.7 Å². The lowest BCUT2D eigenvalue weighted by molar-refractivity contribution is -0.148. The number of benzene rings is 1. The molecule has 0 aliphatic heterocycles. The van der Waals surface area contributed by atoms with Crippen LogP contribution in [0.15, 0.2) is 24.3 Å². The Morgan fingerprint density at radius 2 is 2.19 bits per heavy atom. The maximum atomic E-state index is 11.6. The van der Waals surface area contributed by atoms with Crippen LogP contribution in [0.1, 0.15) is 24.1 Å². The maximum Gasteiger partial charge on any atom is 0.311 e. The van der Waals surface area contributed by atoms with Crippen molar-refractivity contribution in [3.05, 3.63) is 35.4 Å². The lowest BCUT2D eigenvalue weighted by Gasteiger charge is -2.13. The topological polar surface area (TPSA) is 52.3 Å². The predicted molar refractivity (Wildman–Crippen MR) is 64.4 cm³/mol. The third kappa shape index (κ3) is 2.20. The largest absolute Gasteiger partial charge is 0.466 e. The van der Waals surface area contributed by atoms with Crippen LogP contribution in [-0.2, 0) is 16.0 Å². The zero-order valence-electron chi connectivity index (χ0n) is 9.18. The van der Waals surface area contributed by atoms with Gasteiger partial charge in [-0.05, 0) is 24.5 Å². The first-order valence-corrected chi connectivity index (χ1v) is 5.24. The minimum absolute atomic E-state index is 0. The fourth-order valence-corrected chi connectivity index (χ4v) is 2.11. The fraction of sp³-hybridized carbons (Fsp3) is 0.417. The molecule has 2 atom stereocenters. The highest BCUT2D eigenvalue weighted by Crippen LogP contribution is 2.34. The summed E-state index contributed by atoms with van der Waals surface area (Å²) in [6.07, 6.45) is 0.705. The molecule has 0 aromatic heterocycles. The third-order valence-electron chi connectivity index (χ3n) is 2.88. The van der Waals surface area contributed by atoms with Crippen LogP contribution in [0.4, 0.5) is 0 Å². The molecule has 0 unspecified atom stereocenters. The van der Waals surface area contributed by atoms with Gasteiger partial charge >= 0.3 is 5.97 Å². The Morgan fingerprint density at radius 3 is 2.81 bits per heavy atom. The molecule has 1 aliphatic rings. The number of carbonyl (C=O) groups is 1. The number of halogens is 1. The highest BCUT2D eigenvalue weighted by molar-refractivity contribution is 5.85. The minimum Gasteiger partial charge on any atom is -0.466 e. The van der Waals surface area contributed by atoms with Gasteiger partial charge in [0.1, 0.15) is 0 Å². The summed E-state index contributed by atoms with van der Waals surface area (Å²) >= 11 is 0. The minimum atomic E-state index is -0.208. The molecule has 0 heterocycles. The van der Waals surface area contributed by atoms with Crippen molar-refractivity contribution in [2.45, 2.75) is 19.4 Å². The molecule has 2 rings (SSSR count). The smallest absolute Gasteiger partial charge is 0.311 e. The first kappa shape index (κ1) is 13.0. The Balaban J connectivity index is 0.00000128. The van der Waals surface area contributed by atoms with E-state index in [1.807, 2.05) is 31.2 Å². The number of nitrogens with two attached hydrogens (primary N) is 1. The van der Waals surface area contributed by atoms with Gasteiger partial charge in [0, 0.05) is 6.04 Å². The molecule has 1 aromatic carbocycles. The van der Waals surface area contributed by atoms with Crippen molar-refractivity contribution in [1.82, 2.24) is 0 Å². The molecule has 0 radical (unpaired) electrons. The summed E-state index contributed by atoms with van der Waals surface area (Å²) in [5.74, 6) is -0.386. The normalized spacial score (nSPS) is 22.1. The van der Waals surface area contributed by atoms with E-state index in [4.69, 9.17) is 10.5 Å². The van der Waals surface area contributed by atoms with Crippen molar-refractivity contribution < 1.29 is 9.53 Å². The third-order valence-corrected chi connectivity index (χ3v) is 2.88. The second kappa shape index (κ2) is 5.32.